The number of esters is 1. The maximum absolute atomic E-state index is 10.8. The Morgan fingerprint density at radius 1 is 1.36 bits per heavy atom. The molecule has 1 aliphatic rings. The van der Waals surface area contributed by atoms with E-state index in [2.05, 4.69) is 13.8 Å². The van der Waals surface area contributed by atoms with Crippen LogP contribution in [0, 0.1) is 11.3 Å². The molecule has 1 atom stereocenters. The quantitative estimate of drug-likeness (QED) is 0.637. The molecule has 0 saturated heterocycles. The first-order chi connectivity index (χ1) is 6.41. The van der Waals surface area contributed by atoms with Gasteiger partial charge in [-0.25, -0.2) is 0 Å². The summed E-state index contributed by atoms with van der Waals surface area (Å²) in [5, 5.41) is 0. The van der Waals surface area contributed by atoms with E-state index in [-0.39, 0.29) is 12.1 Å². The van der Waals surface area contributed by atoms with Crippen molar-refractivity contribution in [1.82, 2.24) is 0 Å². The van der Waals surface area contributed by atoms with Crippen molar-refractivity contribution in [3.8, 4) is 0 Å². The number of ether oxygens (including phenoxy) is 1. The molecule has 0 spiro atoms. The zero-order valence-corrected chi connectivity index (χ0v) is 9.80. The molecular formula is C12H22O2. The average molecular weight is 198 g/mol. The molecule has 0 bridgehead atoms. The molecule has 0 amide bonds. The minimum atomic E-state index is -0.151. The molecule has 0 unspecified atom stereocenters. The Hall–Kier alpha value is -0.530. The molecule has 1 rings (SSSR count). The maximum Gasteiger partial charge on any atom is 0.302 e. The highest BCUT2D eigenvalue weighted by Gasteiger charge is 2.30. The van der Waals surface area contributed by atoms with Crippen molar-refractivity contribution in [2.24, 2.45) is 11.3 Å². The first-order valence-corrected chi connectivity index (χ1v) is 5.58. The van der Waals surface area contributed by atoms with Crippen LogP contribution in [0.2, 0.25) is 0 Å². The molecule has 0 aromatic carbocycles. The van der Waals surface area contributed by atoms with E-state index in [0.717, 1.165) is 0 Å². The molecule has 0 N–H and O–H groups in total. The number of hydrogen-bond donors (Lipinski definition) is 0. The Labute approximate surface area is 87.0 Å². The Bertz CT molecular complexity index is 198. The van der Waals surface area contributed by atoms with Crippen LogP contribution in [-0.4, -0.2) is 12.1 Å². The fourth-order valence-corrected chi connectivity index (χ4v) is 2.25. The Morgan fingerprint density at radius 2 is 1.86 bits per heavy atom. The Morgan fingerprint density at radius 3 is 2.29 bits per heavy atom. The zero-order valence-electron chi connectivity index (χ0n) is 9.80. The summed E-state index contributed by atoms with van der Waals surface area (Å²) >= 11 is 0. The predicted octanol–water partition coefficient (Wildman–Crippen LogP) is 3.15. The average Bonchev–Trinajstić information content (AvgIpc) is 2.02. The fraction of sp³-hybridized carbons (Fsp3) is 0.917. The van der Waals surface area contributed by atoms with E-state index in [9.17, 15) is 4.79 Å². The summed E-state index contributed by atoms with van der Waals surface area (Å²) in [6, 6.07) is 0. The van der Waals surface area contributed by atoms with Crippen LogP contribution in [-0.2, 0) is 9.53 Å². The van der Waals surface area contributed by atoms with Crippen LogP contribution in [0.3, 0.4) is 0 Å². The third-order valence-corrected chi connectivity index (χ3v) is 3.40. The van der Waals surface area contributed by atoms with Crippen molar-refractivity contribution in [3.05, 3.63) is 0 Å². The van der Waals surface area contributed by atoms with Gasteiger partial charge in [-0.1, -0.05) is 13.8 Å². The third-order valence-electron chi connectivity index (χ3n) is 3.40. The van der Waals surface area contributed by atoms with Crippen molar-refractivity contribution in [2.75, 3.05) is 0 Å². The second-order valence-electron chi connectivity index (χ2n) is 5.32. The number of carbonyl (C=O) groups is 1. The van der Waals surface area contributed by atoms with Gasteiger partial charge in [0, 0.05) is 6.92 Å². The molecule has 1 saturated carbocycles. The second-order valence-corrected chi connectivity index (χ2v) is 5.32. The molecule has 2 heteroatoms. The van der Waals surface area contributed by atoms with Crippen LogP contribution in [0.4, 0.5) is 0 Å². The number of carbonyl (C=O) groups excluding carboxylic acids is 1. The maximum atomic E-state index is 10.8. The highest BCUT2D eigenvalue weighted by molar-refractivity contribution is 5.66. The molecule has 1 fully saturated rings. The van der Waals surface area contributed by atoms with Gasteiger partial charge in [-0.15, -0.1) is 0 Å². The minimum absolute atomic E-state index is 0.101. The predicted molar refractivity (Wildman–Crippen MR) is 57.0 cm³/mol. The molecule has 0 heterocycles. The van der Waals surface area contributed by atoms with Gasteiger partial charge >= 0.3 is 5.97 Å². The largest absolute Gasteiger partial charge is 0.463 e. The van der Waals surface area contributed by atoms with E-state index in [0.29, 0.717) is 11.3 Å². The lowest BCUT2D eigenvalue weighted by atomic mass is 9.72. The third kappa shape index (κ3) is 3.32. The summed E-state index contributed by atoms with van der Waals surface area (Å²) in [5.74, 6) is 0.425. The highest BCUT2D eigenvalue weighted by atomic mass is 16.5. The molecule has 1 aliphatic carbocycles. The van der Waals surface area contributed by atoms with Crippen LogP contribution in [0.25, 0.3) is 0 Å². The van der Waals surface area contributed by atoms with Crippen LogP contribution in [0.5, 0.6) is 0 Å². The molecule has 0 radical (unpaired) electrons. The van der Waals surface area contributed by atoms with Crippen molar-refractivity contribution in [2.45, 2.75) is 59.5 Å². The van der Waals surface area contributed by atoms with Crippen molar-refractivity contribution in [1.29, 1.82) is 0 Å². The Kier molecular flexibility index (Phi) is 3.57. The smallest absolute Gasteiger partial charge is 0.302 e. The van der Waals surface area contributed by atoms with E-state index in [4.69, 9.17) is 4.74 Å². The summed E-state index contributed by atoms with van der Waals surface area (Å²) in [5.41, 5.74) is 0.493. The standard InChI is InChI=1S/C12H22O2/c1-9(14-10(2)13)11-5-7-12(3,4)8-6-11/h9,11H,5-8H2,1-4H3/t9-/m0/s1. The van der Waals surface area contributed by atoms with Gasteiger partial charge in [0.1, 0.15) is 6.10 Å². The molecular weight excluding hydrogens is 176 g/mol. The van der Waals surface area contributed by atoms with Gasteiger partial charge in [0.05, 0.1) is 0 Å². The normalized spacial score (nSPS) is 24.3. The van der Waals surface area contributed by atoms with Crippen molar-refractivity contribution >= 4 is 5.97 Å². The summed E-state index contributed by atoms with van der Waals surface area (Å²) in [6.45, 7) is 8.15. The van der Waals surface area contributed by atoms with Crippen LogP contribution in [0.1, 0.15) is 53.4 Å². The lowest BCUT2D eigenvalue weighted by Crippen LogP contribution is -2.30. The molecule has 0 aromatic rings. The van der Waals surface area contributed by atoms with Crippen molar-refractivity contribution in [3.63, 3.8) is 0 Å². The first-order valence-electron chi connectivity index (χ1n) is 5.58. The summed E-state index contributed by atoms with van der Waals surface area (Å²) in [6.07, 6.45) is 5.00. The van der Waals surface area contributed by atoms with E-state index < -0.39 is 0 Å². The van der Waals surface area contributed by atoms with Gasteiger partial charge in [0.2, 0.25) is 0 Å². The Balaban J connectivity index is 2.37. The number of hydrogen-bond acceptors (Lipinski definition) is 2. The first kappa shape index (κ1) is 11.5. The van der Waals surface area contributed by atoms with Gasteiger partial charge < -0.3 is 4.74 Å². The van der Waals surface area contributed by atoms with Gasteiger partial charge in [-0.2, -0.15) is 0 Å². The van der Waals surface area contributed by atoms with Crippen molar-refractivity contribution < 1.29 is 9.53 Å². The van der Waals surface area contributed by atoms with E-state index in [1.54, 1.807) is 0 Å². The topological polar surface area (TPSA) is 26.3 Å². The monoisotopic (exact) mass is 198 g/mol. The molecule has 82 valence electrons. The summed E-state index contributed by atoms with van der Waals surface area (Å²) in [4.78, 5) is 10.8. The minimum Gasteiger partial charge on any atom is -0.463 e. The molecule has 0 aromatic heterocycles. The van der Waals surface area contributed by atoms with Gasteiger partial charge in [-0.3, -0.25) is 4.79 Å². The van der Waals surface area contributed by atoms with Gasteiger partial charge in [0.15, 0.2) is 0 Å². The lowest BCUT2D eigenvalue weighted by molar-refractivity contribution is -0.148. The SMILES string of the molecule is CC(=O)O[C@@H](C)C1CCC(C)(C)CC1. The zero-order chi connectivity index (χ0) is 10.8. The van der Waals surface area contributed by atoms with Gasteiger partial charge in [0.25, 0.3) is 0 Å². The second kappa shape index (κ2) is 4.33. The summed E-state index contributed by atoms with van der Waals surface area (Å²) < 4.78 is 5.22. The number of rotatable bonds is 2. The lowest BCUT2D eigenvalue weighted by Gasteiger charge is -2.36. The fourth-order valence-electron chi connectivity index (χ4n) is 2.25. The van der Waals surface area contributed by atoms with Crippen LogP contribution in [0.15, 0.2) is 0 Å². The van der Waals surface area contributed by atoms with E-state index in [1.807, 2.05) is 6.92 Å². The van der Waals surface area contributed by atoms with Crippen LogP contribution >= 0.6 is 0 Å². The summed E-state index contributed by atoms with van der Waals surface area (Å²) in [7, 11) is 0. The van der Waals surface area contributed by atoms with E-state index in [1.165, 1.54) is 32.6 Å². The molecule has 14 heavy (non-hydrogen) atoms. The highest BCUT2D eigenvalue weighted by Crippen LogP contribution is 2.39. The van der Waals surface area contributed by atoms with Gasteiger partial charge in [-0.05, 0) is 43.9 Å². The molecule has 0 aliphatic heterocycles. The van der Waals surface area contributed by atoms with E-state index >= 15 is 0 Å². The molecule has 2 nitrogen and oxygen atoms in total. The van der Waals surface area contributed by atoms with Crippen LogP contribution < -0.4 is 0 Å².